The van der Waals surface area contributed by atoms with E-state index >= 15 is 0 Å². The van der Waals surface area contributed by atoms with E-state index in [1.807, 2.05) is 36.4 Å². The van der Waals surface area contributed by atoms with E-state index in [0.29, 0.717) is 24.6 Å². The summed E-state index contributed by atoms with van der Waals surface area (Å²) in [7, 11) is 0. The number of aromatic nitrogens is 1. The maximum absolute atomic E-state index is 6.91. The van der Waals surface area contributed by atoms with Gasteiger partial charge < -0.3 is 9.30 Å². The van der Waals surface area contributed by atoms with Crippen LogP contribution < -0.4 is 14.5 Å². The summed E-state index contributed by atoms with van der Waals surface area (Å²) < 4.78 is 11.6. The summed E-state index contributed by atoms with van der Waals surface area (Å²) >= 11 is 1.80. The highest BCUT2D eigenvalue weighted by molar-refractivity contribution is 7.17. The maximum atomic E-state index is 6.91. The molecule has 68 heavy (non-hydrogen) atoms. The Morgan fingerprint density at radius 2 is 1.51 bits per heavy atom. The molecule has 0 saturated heterocycles. The van der Waals surface area contributed by atoms with Crippen LogP contribution in [0.2, 0.25) is 0 Å². The fraction of sp³-hybridized carbons (Fsp3) is 0.0806. The van der Waals surface area contributed by atoms with Crippen LogP contribution in [0.15, 0.2) is 215 Å². The minimum Gasteiger partial charge on any atom is -0.485 e. The second-order valence-corrected chi connectivity index (χ2v) is 18.2. The van der Waals surface area contributed by atoms with Crippen LogP contribution in [0.4, 0.5) is 0 Å². The molecule has 1 unspecified atom stereocenters. The van der Waals surface area contributed by atoms with Crippen molar-refractivity contribution in [2.24, 2.45) is 15.0 Å². The number of nitrogens with zero attached hydrogens (tertiary/aromatic N) is 4. The maximum Gasteiger partial charge on any atom is 0.158 e. The lowest BCUT2D eigenvalue weighted by Crippen LogP contribution is -2.17. The minimum absolute atomic E-state index is 0.284. The predicted molar refractivity (Wildman–Crippen MR) is 290 cm³/mol. The molecule has 5 nitrogen and oxygen atoms in total. The van der Waals surface area contributed by atoms with Crippen molar-refractivity contribution in [1.82, 2.24) is 4.57 Å². The molecule has 1 atom stereocenters. The average Bonchev–Trinajstić information content (AvgIpc) is 3.62. The standard InChI is InChI=1S/C62H48N4OS/c1-41-32-34-56-59(42(2)67-57-30-18-17-28-50(41)57)53-37-47(33-35-55(53)66(56)49-26-13-7-14-27-49)48-38-52-51-29-15-8-16-31-58(51)68-60(52)54(39-48)62(65-61(63-3)45-23-9-4-5-10-24-45)64-40-43-20-19-25-46(36-43)44-21-11-6-12-22-44/h4-15,17-23,25-39,42H,1,3,16,24,40H2,2H3/b34-32-,64-62-,65-61-. The number of fused-ring (bicyclic) bond motifs is 7. The van der Waals surface area contributed by atoms with Crippen LogP contribution in [-0.2, 0) is 6.54 Å². The van der Waals surface area contributed by atoms with Crippen LogP contribution in [0.3, 0.4) is 0 Å². The fourth-order valence-electron chi connectivity index (χ4n) is 9.50. The molecule has 0 fully saturated rings. The van der Waals surface area contributed by atoms with Crippen LogP contribution in [0.5, 0.6) is 5.75 Å². The van der Waals surface area contributed by atoms with Gasteiger partial charge in [0.1, 0.15) is 11.9 Å². The van der Waals surface area contributed by atoms with Gasteiger partial charge in [-0.05, 0) is 114 Å². The first-order chi connectivity index (χ1) is 33.5. The van der Waals surface area contributed by atoms with E-state index in [1.54, 1.807) is 11.3 Å². The average molecular weight is 897 g/mol. The summed E-state index contributed by atoms with van der Waals surface area (Å²) in [5.41, 5.74) is 13.7. The molecule has 0 amide bonds. The zero-order valence-corrected chi connectivity index (χ0v) is 38.7. The van der Waals surface area contributed by atoms with Gasteiger partial charge in [-0.15, -0.1) is 11.3 Å². The highest BCUT2D eigenvalue weighted by atomic mass is 32.1. The molecule has 2 aliphatic carbocycles. The van der Waals surface area contributed by atoms with Gasteiger partial charge in [-0.1, -0.05) is 158 Å². The van der Waals surface area contributed by atoms with Crippen molar-refractivity contribution in [3.8, 4) is 33.7 Å². The molecule has 0 radical (unpaired) electrons. The van der Waals surface area contributed by atoms with E-state index < -0.39 is 0 Å². The first-order valence-electron chi connectivity index (χ1n) is 23.1. The van der Waals surface area contributed by atoms with E-state index in [0.717, 1.165) is 94.6 Å². The topological polar surface area (TPSA) is 51.2 Å². The Balaban J connectivity index is 1.14. The normalized spacial score (nSPS) is 16.2. The number of para-hydroxylation sites is 2. The summed E-state index contributed by atoms with van der Waals surface area (Å²) in [5, 5.41) is 3.47. The number of rotatable bonds is 7. The molecular formula is C62H48N4OS. The summed E-state index contributed by atoms with van der Waals surface area (Å²) in [6, 6.07) is 49.3. The van der Waals surface area contributed by atoms with Crippen molar-refractivity contribution in [1.29, 1.82) is 0 Å². The molecule has 6 aromatic carbocycles. The van der Waals surface area contributed by atoms with Gasteiger partial charge in [-0.3, -0.25) is 4.99 Å². The molecule has 328 valence electrons. The number of aliphatic imine (C=N–C) groups is 3. The van der Waals surface area contributed by atoms with Gasteiger partial charge in [-0.25, -0.2) is 9.98 Å². The lowest BCUT2D eigenvalue weighted by molar-refractivity contribution is 0.227. The largest absolute Gasteiger partial charge is 0.485 e. The Bertz CT molecular complexity index is 3670. The number of thiophene rings is 1. The monoisotopic (exact) mass is 896 g/mol. The predicted octanol–water partition coefficient (Wildman–Crippen LogP) is 14.4. The molecule has 0 spiro atoms. The molecule has 1 aliphatic heterocycles. The Labute approximate surface area is 400 Å². The van der Waals surface area contributed by atoms with Crippen molar-refractivity contribution in [2.45, 2.75) is 32.4 Å². The van der Waals surface area contributed by atoms with Crippen molar-refractivity contribution < 1.29 is 4.74 Å². The minimum atomic E-state index is -0.284. The summed E-state index contributed by atoms with van der Waals surface area (Å²) in [6.07, 6.45) is 24.8. The Morgan fingerprint density at radius 1 is 0.721 bits per heavy atom. The third kappa shape index (κ3) is 8.20. The Morgan fingerprint density at radius 3 is 2.38 bits per heavy atom. The van der Waals surface area contributed by atoms with E-state index in [-0.39, 0.29) is 6.10 Å². The Hall–Kier alpha value is -8.19. The molecule has 0 bridgehead atoms. The summed E-state index contributed by atoms with van der Waals surface area (Å²) in [5.74, 6) is 1.98. The van der Waals surface area contributed by atoms with E-state index in [2.05, 4.69) is 200 Å². The van der Waals surface area contributed by atoms with Crippen LogP contribution in [0.25, 0.3) is 72.7 Å². The second-order valence-electron chi connectivity index (χ2n) is 17.1. The van der Waals surface area contributed by atoms with Crippen LogP contribution >= 0.6 is 11.3 Å². The van der Waals surface area contributed by atoms with Crippen molar-refractivity contribution >= 4 is 74.5 Å². The molecule has 3 heterocycles. The van der Waals surface area contributed by atoms with Crippen LogP contribution in [0, 0.1) is 0 Å². The number of benzene rings is 6. The first kappa shape index (κ1) is 42.4. The van der Waals surface area contributed by atoms with Gasteiger partial charge >= 0.3 is 0 Å². The van der Waals surface area contributed by atoms with Gasteiger partial charge in [0, 0.05) is 53.2 Å². The number of amidine groups is 2. The van der Waals surface area contributed by atoms with E-state index in [9.17, 15) is 0 Å². The van der Waals surface area contributed by atoms with Gasteiger partial charge in [0.2, 0.25) is 0 Å². The van der Waals surface area contributed by atoms with Crippen molar-refractivity contribution in [3.05, 3.63) is 238 Å². The summed E-state index contributed by atoms with van der Waals surface area (Å²) in [6.45, 7) is 11.1. The molecule has 0 saturated carbocycles. The molecule has 2 aromatic heterocycles. The van der Waals surface area contributed by atoms with Gasteiger partial charge in [0.05, 0.1) is 17.8 Å². The van der Waals surface area contributed by atoms with E-state index in [4.69, 9.17) is 14.7 Å². The zero-order valence-electron chi connectivity index (χ0n) is 37.8. The van der Waals surface area contributed by atoms with Crippen molar-refractivity contribution in [2.75, 3.05) is 0 Å². The Kier molecular flexibility index (Phi) is 11.6. The third-order valence-corrected chi connectivity index (χ3v) is 14.1. The van der Waals surface area contributed by atoms with Crippen LogP contribution in [-0.4, -0.2) is 23.0 Å². The molecule has 11 rings (SSSR count). The quantitative estimate of drug-likeness (QED) is 0.116. The molecule has 0 N–H and O–H groups in total. The molecule has 3 aliphatic rings. The first-order valence-corrected chi connectivity index (χ1v) is 23.9. The number of hydrogen-bond donors (Lipinski definition) is 0. The smallest absolute Gasteiger partial charge is 0.158 e. The molecule has 6 heteroatoms. The second kappa shape index (κ2) is 18.6. The molecular weight excluding hydrogens is 849 g/mol. The SMILES string of the molecule is C=N/C(=N\C(=N/Cc1cccc(-c2ccccc2)c1)c1cc(-c2ccc3c(c2)c2c(n3-c3ccccc3)/C=C\C(=C)c3ccccc3OC2C)cc2c3c(sc12)=CCC=CC=3)C1=CC=CC=CC1. The lowest BCUT2D eigenvalue weighted by Gasteiger charge is -2.18. The number of allylic oxidation sites excluding steroid dienone is 9. The lowest BCUT2D eigenvalue weighted by atomic mass is 9.96. The number of hydrogen-bond acceptors (Lipinski definition) is 3. The van der Waals surface area contributed by atoms with E-state index in [1.165, 1.54) is 15.3 Å². The summed E-state index contributed by atoms with van der Waals surface area (Å²) in [4.78, 5) is 15.4. The van der Waals surface area contributed by atoms with Gasteiger partial charge in [0.25, 0.3) is 0 Å². The fourth-order valence-corrected chi connectivity index (χ4v) is 10.7. The third-order valence-electron chi connectivity index (χ3n) is 12.8. The number of ether oxygens (including phenoxy) is 1. The highest BCUT2D eigenvalue weighted by Gasteiger charge is 2.26. The highest BCUT2D eigenvalue weighted by Crippen LogP contribution is 2.42. The zero-order chi connectivity index (χ0) is 46.0. The van der Waals surface area contributed by atoms with Crippen molar-refractivity contribution in [3.63, 3.8) is 0 Å². The van der Waals surface area contributed by atoms with Gasteiger partial charge in [0.15, 0.2) is 11.7 Å². The van der Waals surface area contributed by atoms with Crippen LogP contribution in [0.1, 0.15) is 53.8 Å². The molecule has 8 aromatic rings. The van der Waals surface area contributed by atoms with Gasteiger partial charge in [-0.2, -0.15) is 0 Å².